The second kappa shape index (κ2) is 8.71. The molecule has 6 nitrogen and oxygen atoms in total. The van der Waals surface area contributed by atoms with Gasteiger partial charge in [-0.1, -0.05) is 24.3 Å². The fourth-order valence-electron chi connectivity index (χ4n) is 4.12. The first-order chi connectivity index (χ1) is 14.5. The Hall–Kier alpha value is -3.12. The summed E-state index contributed by atoms with van der Waals surface area (Å²) in [5.41, 5.74) is 4.94. The quantitative estimate of drug-likeness (QED) is 0.711. The van der Waals surface area contributed by atoms with Crippen molar-refractivity contribution >= 4 is 11.6 Å². The minimum absolute atomic E-state index is 0.0570. The highest BCUT2D eigenvalue weighted by Gasteiger charge is 2.19. The van der Waals surface area contributed by atoms with Gasteiger partial charge in [-0.25, -0.2) is 4.98 Å². The van der Waals surface area contributed by atoms with E-state index in [2.05, 4.69) is 45.3 Å². The number of hydrogen-bond acceptors (Lipinski definition) is 4. The van der Waals surface area contributed by atoms with Crippen molar-refractivity contribution in [3.63, 3.8) is 0 Å². The summed E-state index contributed by atoms with van der Waals surface area (Å²) < 4.78 is 2.02. The van der Waals surface area contributed by atoms with Crippen molar-refractivity contribution in [2.75, 3.05) is 38.1 Å². The first kappa shape index (κ1) is 20.2. The maximum Gasteiger partial charge on any atom is 0.253 e. The second-order valence-corrected chi connectivity index (χ2v) is 7.91. The molecule has 0 aliphatic carbocycles. The van der Waals surface area contributed by atoms with Gasteiger partial charge in [0, 0.05) is 56.0 Å². The van der Waals surface area contributed by atoms with E-state index in [4.69, 9.17) is 0 Å². The predicted octanol–water partition coefficient (Wildman–Crippen LogP) is 3.17. The number of benzene rings is 1. The van der Waals surface area contributed by atoms with Crippen molar-refractivity contribution in [2.45, 2.75) is 20.4 Å². The lowest BCUT2D eigenvalue weighted by Gasteiger charge is -2.35. The van der Waals surface area contributed by atoms with Crippen LogP contribution < -0.4 is 10.2 Å². The minimum atomic E-state index is -0.0570. The van der Waals surface area contributed by atoms with Crippen LogP contribution in [0, 0.1) is 13.8 Å². The molecule has 3 heterocycles. The normalized spacial score (nSPS) is 14.7. The van der Waals surface area contributed by atoms with Crippen LogP contribution in [0.25, 0.3) is 5.82 Å². The Morgan fingerprint density at radius 2 is 1.77 bits per heavy atom. The average molecular weight is 404 g/mol. The van der Waals surface area contributed by atoms with Crippen molar-refractivity contribution in [1.82, 2.24) is 19.8 Å². The molecular formula is C24H29N5O. The van der Waals surface area contributed by atoms with Gasteiger partial charge in [-0.05, 0) is 50.7 Å². The molecule has 3 aromatic rings. The SMILES string of the molecule is Cc1cc(C(=O)NCc2ccccc2N2CCN(C)CC2)c(C)n1-c1ccccn1. The number of piperazine rings is 1. The Balaban J connectivity index is 1.50. The van der Waals surface area contributed by atoms with Crippen LogP contribution in [0.1, 0.15) is 27.3 Å². The third kappa shape index (κ3) is 4.09. The number of anilines is 1. The van der Waals surface area contributed by atoms with E-state index in [9.17, 15) is 4.79 Å². The van der Waals surface area contributed by atoms with Crippen molar-refractivity contribution in [3.8, 4) is 5.82 Å². The Labute approximate surface area is 178 Å². The lowest BCUT2D eigenvalue weighted by atomic mass is 10.1. The topological polar surface area (TPSA) is 53.4 Å². The van der Waals surface area contributed by atoms with E-state index in [1.165, 1.54) is 5.69 Å². The summed E-state index contributed by atoms with van der Waals surface area (Å²) in [6, 6.07) is 16.1. The molecule has 1 N–H and O–H groups in total. The minimum Gasteiger partial charge on any atom is -0.369 e. The number of para-hydroxylation sites is 1. The third-order valence-electron chi connectivity index (χ3n) is 5.83. The van der Waals surface area contributed by atoms with E-state index in [-0.39, 0.29) is 5.91 Å². The molecule has 2 aromatic heterocycles. The van der Waals surface area contributed by atoms with Crippen LogP contribution in [0.5, 0.6) is 0 Å². The van der Waals surface area contributed by atoms with E-state index in [1.807, 2.05) is 48.7 Å². The van der Waals surface area contributed by atoms with Gasteiger partial charge in [-0.3, -0.25) is 4.79 Å². The van der Waals surface area contributed by atoms with Crippen LogP contribution in [0.4, 0.5) is 5.69 Å². The van der Waals surface area contributed by atoms with Crippen molar-refractivity contribution in [3.05, 3.63) is 77.2 Å². The number of rotatable bonds is 5. The zero-order valence-electron chi connectivity index (χ0n) is 17.9. The third-order valence-corrected chi connectivity index (χ3v) is 5.83. The number of nitrogens with one attached hydrogen (secondary N) is 1. The Kier molecular flexibility index (Phi) is 5.86. The largest absolute Gasteiger partial charge is 0.369 e. The maximum atomic E-state index is 13.0. The van der Waals surface area contributed by atoms with Gasteiger partial charge in [0.2, 0.25) is 0 Å². The second-order valence-electron chi connectivity index (χ2n) is 7.91. The zero-order chi connectivity index (χ0) is 21.1. The van der Waals surface area contributed by atoms with Crippen LogP contribution in [0.3, 0.4) is 0 Å². The Morgan fingerprint density at radius 1 is 1.03 bits per heavy atom. The first-order valence-electron chi connectivity index (χ1n) is 10.4. The summed E-state index contributed by atoms with van der Waals surface area (Å²) in [5, 5.41) is 3.13. The molecule has 6 heteroatoms. The fourth-order valence-corrected chi connectivity index (χ4v) is 4.12. The molecule has 4 rings (SSSR count). The van der Waals surface area contributed by atoms with Crippen molar-refractivity contribution in [2.24, 2.45) is 0 Å². The first-order valence-corrected chi connectivity index (χ1v) is 10.4. The van der Waals surface area contributed by atoms with Gasteiger partial charge in [0.25, 0.3) is 5.91 Å². The van der Waals surface area contributed by atoms with Crippen molar-refractivity contribution < 1.29 is 4.79 Å². The molecule has 1 amide bonds. The molecule has 0 spiro atoms. The number of carbonyl (C=O) groups excluding carboxylic acids is 1. The Bertz CT molecular complexity index is 1020. The average Bonchev–Trinajstić information content (AvgIpc) is 3.07. The van der Waals surface area contributed by atoms with E-state index in [0.717, 1.165) is 48.9 Å². The number of carbonyl (C=O) groups is 1. The molecule has 1 aromatic carbocycles. The zero-order valence-corrected chi connectivity index (χ0v) is 17.9. The van der Waals surface area contributed by atoms with E-state index < -0.39 is 0 Å². The van der Waals surface area contributed by atoms with Gasteiger partial charge in [-0.15, -0.1) is 0 Å². The molecule has 0 atom stereocenters. The summed E-state index contributed by atoms with van der Waals surface area (Å²) in [5.74, 6) is 0.769. The van der Waals surface area contributed by atoms with E-state index in [0.29, 0.717) is 12.1 Å². The van der Waals surface area contributed by atoms with E-state index >= 15 is 0 Å². The van der Waals surface area contributed by atoms with Gasteiger partial charge in [-0.2, -0.15) is 0 Å². The number of likely N-dealkylation sites (N-methyl/N-ethyl adjacent to an activating group) is 1. The number of aryl methyl sites for hydroxylation is 1. The van der Waals surface area contributed by atoms with Crippen LogP contribution in [-0.4, -0.2) is 53.6 Å². The highest BCUT2D eigenvalue weighted by molar-refractivity contribution is 5.96. The molecular weight excluding hydrogens is 374 g/mol. The maximum absolute atomic E-state index is 13.0. The number of pyridine rings is 1. The molecule has 0 radical (unpaired) electrons. The molecule has 1 fully saturated rings. The molecule has 1 aliphatic rings. The molecule has 0 unspecified atom stereocenters. The highest BCUT2D eigenvalue weighted by Crippen LogP contribution is 2.23. The van der Waals surface area contributed by atoms with Crippen molar-refractivity contribution in [1.29, 1.82) is 0 Å². The smallest absolute Gasteiger partial charge is 0.253 e. The number of nitrogens with zero attached hydrogens (tertiary/aromatic N) is 4. The van der Waals surface area contributed by atoms with E-state index in [1.54, 1.807) is 6.20 Å². The molecule has 0 bridgehead atoms. The Morgan fingerprint density at radius 3 is 2.50 bits per heavy atom. The number of amides is 1. The van der Waals surface area contributed by atoms with Crippen LogP contribution in [-0.2, 0) is 6.54 Å². The van der Waals surface area contributed by atoms with Crippen LogP contribution in [0.2, 0.25) is 0 Å². The lowest BCUT2D eigenvalue weighted by Crippen LogP contribution is -2.45. The summed E-state index contributed by atoms with van der Waals surface area (Å²) in [7, 11) is 2.16. The van der Waals surface area contributed by atoms with Gasteiger partial charge in [0.15, 0.2) is 0 Å². The van der Waals surface area contributed by atoms with Gasteiger partial charge in [0.05, 0.1) is 5.56 Å². The summed E-state index contributed by atoms with van der Waals surface area (Å²) in [6.45, 7) is 8.60. The molecule has 1 aliphatic heterocycles. The highest BCUT2D eigenvalue weighted by atomic mass is 16.1. The predicted molar refractivity (Wildman–Crippen MR) is 120 cm³/mol. The van der Waals surface area contributed by atoms with Gasteiger partial charge >= 0.3 is 0 Å². The number of hydrogen-bond donors (Lipinski definition) is 1. The fraction of sp³-hybridized carbons (Fsp3) is 0.333. The molecule has 156 valence electrons. The standard InChI is InChI=1S/C24H29N5O/c1-18-16-21(19(2)29(18)23-10-6-7-11-25-23)24(30)26-17-20-8-4-5-9-22(20)28-14-12-27(3)13-15-28/h4-11,16H,12-15,17H2,1-3H3,(H,26,30). The molecule has 30 heavy (non-hydrogen) atoms. The van der Waals surface area contributed by atoms with Crippen LogP contribution in [0.15, 0.2) is 54.7 Å². The molecule has 0 saturated carbocycles. The lowest BCUT2D eigenvalue weighted by molar-refractivity contribution is 0.0950. The monoisotopic (exact) mass is 403 g/mol. The summed E-state index contributed by atoms with van der Waals surface area (Å²) in [4.78, 5) is 22.2. The summed E-state index contributed by atoms with van der Waals surface area (Å²) in [6.07, 6.45) is 1.77. The molecule has 1 saturated heterocycles. The summed E-state index contributed by atoms with van der Waals surface area (Å²) >= 11 is 0. The van der Waals surface area contributed by atoms with Gasteiger partial charge in [0.1, 0.15) is 5.82 Å². The number of aromatic nitrogens is 2. The van der Waals surface area contributed by atoms with Gasteiger partial charge < -0.3 is 19.7 Å². The van der Waals surface area contributed by atoms with Crippen LogP contribution >= 0.6 is 0 Å².